The number of aromatic hydroxyl groups is 1. The Morgan fingerprint density at radius 3 is 2.54 bits per heavy atom. The zero-order valence-corrected chi connectivity index (χ0v) is 15.3. The maximum Gasteiger partial charge on any atom is 0.271 e. The van der Waals surface area contributed by atoms with Crippen molar-refractivity contribution in [1.29, 1.82) is 0 Å². The van der Waals surface area contributed by atoms with Crippen molar-refractivity contribution in [3.8, 4) is 17.2 Å². The molecule has 3 aromatic carbocycles. The molecule has 3 aromatic rings. The van der Waals surface area contributed by atoms with E-state index in [1.807, 2.05) is 30.3 Å². The average Bonchev–Trinajstić information content (AvgIpc) is 2.74. The fourth-order valence-electron chi connectivity index (χ4n) is 2.45. The number of hydrogen-bond donors (Lipinski definition) is 2. The molecule has 0 bridgehead atoms. The zero-order chi connectivity index (χ0) is 19.8. The third-order valence-electron chi connectivity index (χ3n) is 3.95. The van der Waals surface area contributed by atoms with Crippen molar-refractivity contribution in [3.05, 3.63) is 89.5 Å². The van der Waals surface area contributed by atoms with E-state index in [-0.39, 0.29) is 11.7 Å². The van der Waals surface area contributed by atoms with Gasteiger partial charge in [0.15, 0.2) is 11.5 Å². The summed E-state index contributed by atoms with van der Waals surface area (Å²) in [6.45, 7) is 0.465. The van der Waals surface area contributed by atoms with E-state index < -0.39 is 0 Å². The number of phenolic OH excluding ortho intramolecular Hbond substituents is 1. The molecular weight excluding hydrogens is 356 g/mol. The summed E-state index contributed by atoms with van der Waals surface area (Å²) >= 11 is 0. The van der Waals surface area contributed by atoms with Gasteiger partial charge in [-0.2, -0.15) is 5.10 Å². The van der Waals surface area contributed by atoms with Crippen LogP contribution in [0.15, 0.2) is 77.9 Å². The van der Waals surface area contributed by atoms with E-state index in [1.54, 1.807) is 36.4 Å². The molecule has 0 radical (unpaired) electrons. The number of benzene rings is 3. The highest BCUT2D eigenvalue weighted by Crippen LogP contribution is 2.25. The van der Waals surface area contributed by atoms with Crippen LogP contribution >= 0.6 is 0 Å². The van der Waals surface area contributed by atoms with Crippen molar-refractivity contribution >= 4 is 12.1 Å². The van der Waals surface area contributed by atoms with Crippen LogP contribution in [0.2, 0.25) is 0 Å². The smallest absolute Gasteiger partial charge is 0.271 e. The largest absolute Gasteiger partial charge is 0.504 e. The molecule has 6 heteroatoms. The van der Waals surface area contributed by atoms with E-state index in [2.05, 4.69) is 10.5 Å². The van der Waals surface area contributed by atoms with Gasteiger partial charge in [-0.25, -0.2) is 5.43 Å². The lowest BCUT2D eigenvalue weighted by Crippen LogP contribution is -2.17. The summed E-state index contributed by atoms with van der Waals surface area (Å²) in [5.41, 5.74) is 4.68. The second-order valence-electron chi connectivity index (χ2n) is 5.93. The number of carbonyl (C=O) groups is 1. The van der Waals surface area contributed by atoms with Crippen molar-refractivity contribution in [2.24, 2.45) is 5.10 Å². The molecule has 0 aromatic heterocycles. The minimum atomic E-state index is -0.336. The topological polar surface area (TPSA) is 80.2 Å². The van der Waals surface area contributed by atoms with Gasteiger partial charge in [-0.05, 0) is 53.6 Å². The molecular formula is C22H20N2O4. The van der Waals surface area contributed by atoms with Crippen molar-refractivity contribution in [2.75, 3.05) is 7.11 Å². The van der Waals surface area contributed by atoms with Gasteiger partial charge in [0.05, 0.1) is 13.3 Å². The minimum Gasteiger partial charge on any atom is -0.504 e. The third-order valence-corrected chi connectivity index (χ3v) is 3.95. The van der Waals surface area contributed by atoms with E-state index in [1.165, 1.54) is 19.4 Å². The van der Waals surface area contributed by atoms with Crippen LogP contribution in [-0.2, 0) is 6.61 Å². The van der Waals surface area contributed by atoms with Crippen LogP contribution in [0, 0.1) is 0 Å². The molecule has 142 valence electrons. The van der Waals surface area contributed by atoms with Gasteiger partial charge >= 0.3 is 0 Å². The lowest BCUT2D eigenvalue weighted by Gasteiger charge is -2.07. The minimum absolute atomic E-state index is 0.0401. The average molecular weight is 376 g/mol. The highest BCUT2D eigenvalue weighted by molar-refractivity contribution is 5.95. The van der Waals surface area contributed by atoms with E-state index in [0.29, 0.717) is 29.2 Å². The third kappa shape index (κ3) is 5.11. The molecule has 0 spiro atoms. The number of nitrogens with zero attached hydrogens (tertiary/aromatic N) is 1. The number of carbonyl (C=O) groups excluding carboxylic acids is 1. The molecule has 0 aliphatic carbocycles. The standard InChI is InChI=1S/C22H20N2O4/c1-27-21-13-17(7-12-20(21)25)14-23-24-22(26)18-8-10-19(11-9-18)28-15-16-5-3-2-4-6-16/h2-14,25H,15H2,1H3,(H,24,26). The lowest BCUT2D eigenvalue weighted by molar-refractivity contribution is 0.0955. The van der Waals surface area contributed by atoms with E-state index in [9.17, 15) is 9.90 Å². The van der Waals surface area contributed by atoms with Gasteiger partial charge in [0.1, 0.15) is 12.4 Å². The first-order valence-corrected chi connectivity index (χ1v) is 8.63. The number of amides is 1. The van der Waals surface area contributed by atoms with Crippen molar-refractivity contribution in [2.45, 2.75) is 6.61 Å². The Bertz CT molecular complexity index is 954. The second-order valence-corrected chi connectivity index (χ2v) is 5.93. The summed E-state index contributed by atoms with van der Waals surface area (Å²) in [6, 6.07) is 21.5. The van der Waals surface area contributed by atoms with Crippen LogP contribution in [0.25, 0.3) is 0 Å². The first-order valence-electron chi connectivity index (χ1n) is 8.63. The normalized spacial score (nSPS) is 10.6. The Morgan fingerprint density at radius 2 is 1.82 bits per heavy atom. The van der Waals surface area contributed by atoms with E-state index in [4.69, 9.17) is 9.47 Å². The Hall–Kier alpha value is -3.80. The molecule has 28 heavy (non-hydrogen) atoms. The Labute approximate surface area is 163 Å². The number of methoxy groups -OCH3 is 1. The Balaban J connectivity index is 1.54. The fraction of sp³-hybridized carbons (Fsp3) is 0.0909. The number of ether oxygens (including phenoxy) is 2. The number of nitrogens with one attached hydrogen (secondary N) is 1. The Morgan fingerprint density at radius 1 is 1.07 bits per heavy atom. The van der Waals surface area contributed by atoms with Gasteiger partial charge in [0.2, 0.25) is 0 Å². The van der Waals surface area contributed by atoms with Gasteiger partial charge in [0, 0.05) is 5.56 Å². The summed E-state index contributed by atoms with van der Waals surface area (Å²) in [5.74, 6) is 0.719. The van der Waals surface area contributed by atoms with Crippen LogP contribution in [0.1, 0.15) is 21.5 Å². The van der Waals surface area contributed by atoms with Gasteiger partial charge in [0.25, 0.3) is 5.91 Å². The quantitative estimate of drug-likeness (QED) is 0.486. The molecule has 0 saturated carbocycles. The van der Waals surface area contributed by atoms with Crippen LogP contribution in [0.4, 0.5) is 0 Å². The van der Waals surface area contributed by atoms with Crippen molar-refractivity contribution < 1.29 is 19.4 Å². The fourth-order valence-corrected chi connectivity index (χ4v) is 2.45. The van der Waals surface area contributed by atoms with Gasteiger partial charge < -0.3 is 14.6 Å². The van der Waals surface area contributed by atoms with Gasteiger partial charge in [-0.1, -0.05) is 30.3 Å². The second kappa shape index (κ2) is 9.23. The summed E-state index contributed by atoms with van der Waals surface area (Å²) in [7, 11) is 1.46. The maximum atomic E-state index is 12.2. The first-order chi connectivity index (χ1) is 13.7. The maximum absolute atomic E-state index is 12.2. The SMILES string of the molecule is COc1cc(C=NNC(=O)c2ccc(OCc3ccccc3)cc2)ccc1O. The summed E-state index contributed by atoms with van der Waals surface area (Å²) in [6.07, 6.45) is 1.47. The molecule has 0 unspecified atom stereocenters. The monoisotopic (exact) mass is 376 g/mol. The van der Waals surface area contributed by atoms with E-state index >= 15 is 0 Å². The molecule has 0 heterocycles. The molecule has 2 N–H and O–H groups in total. The first kappa shape index (κ1) is 19.0. The van der Waals surface area contributed by atoms with E-state index in [0.717, 1.165) is 5.56 Å². The molecule has 3 rings (SSSR count). The number of phenols is 1. The summed E-state index contributed by atoms with van der Waals surface area (Å²) in [5, 5.41) is 13.5. The molecule has 0 atom stereocenters. The number of hydrazone groups is 1. The highest BCUT2D eigenvalue weighted by atomic mass is 16.5. The van der Waals surface area contributed by atoms with Crippen LogP contribution in [0.3, 0.4) is 0 Å². The molecule has 1 amide bonds. The van der Waals surface area contributed by atoms with Gasteiger partial charge in [-0.3, -0.25) is 4.79 Å². The Kier molecular flexibility index (Phi) is 6.25. The highest BCUT2D eigenvalue weighted by Gasteiger charge is 2.05. The summed E-state index contributed by atoms with van der Waals surface area (Å²) < 4.78 is 10.7. The van der Waals surface area contributed by atoms with Crippen LogP contribution in [0.5, 0.6) is 17.2 Å². The molecule has 0 aliphatic heterocycles. The number of hydrogen-bond acceptors (Lipinski definition) is 5. The van der Waals surface area contributed by atoms with Crippen molar-refractivity contribution in [1.82, 2.24) is 5.43 Å². The molecule has 0 fully saturated rings. The predicted octanol–water partition coefficient (Wildman–Crippen LogP) is 3.74. The van der Waals surface area contributed by atoms with Crippen molar-refractivity contribution in [3.63, 3.8) is 0 Å². The lowest BCUT2D eigenvalue weighted by atomic mass is 10.2. The molecule has 0 saturated heterocycles. The molecule has 0 aliphatic rings. The van der Waals surface area contributed by atoms with Crippen LogP contribution in [-0.4, -0.2) is 24.3 Å². The van der Waals surface area contributed by atoms with Crippen LogP contribution < -0.4 is 14.9 Å². The molecule has 6 nitrogen and oxygen atoms in total. The predicted molar refractivity (Wildman–Crippen MR) is 107 cm³/mol. The summed E-state index contributed by atoms with van der Waals surface area (Å²) in [4.78, 5) is 12.2. The zero-order valence-electron chi connectivity index (χ0n) is 15.3. The van der Waals surface area contributed by atoms with Gasteiger partial charge in [-0.15, -0.1) is 0 Å². The number of rotatable bonds is 7.